The van der Waals surface area contributed by atoms with Gasteiger partial charge in [-0.15, -0.1) is 0 Å². The minimum Gasteiger partial charge on any atom is -0.456 e. The third kappa shape index (κ3) is 4.38. The number of nitrogens with zero attached hydrogens (tertiary/aromatic N) is 3. The van der Waals surface area contributed by atoms with Crippen LogP contribution in [0.1, 0.15) is 0 Å². The van der Waals surface area contributed by atoms with Crippen molar-refractivity contribution >= 4 is 98.1 Å². The highest BCUT2D eigenvalue weighted by Crippen LogP contribution is 2.44. The molecule has 0 aliphatic heterocycles. The summed E-state index contributed by atoms with van der Waals surface area (Å²) in [5.41, 5.74) is 7.38. The standard InChI is InChI=1S/C51H27N3O3/c1-4-14-32-28(11-1)22-24-42-44(32)37-23-21-31(27-43(37)55-42)49-52-50(38-25-29-12-2-5-15-33(29)47-45(38)35-17-7-9-19-40(35)56-47)54-51(53-49)39-26-30-13-3-6-16-34(30)48-46(39)36-18-8-10-20-41(36)57-48/h1-27H. The van der Waals surface area contributed by atoms with Crippen molar-refractivity contribution in [2.75, 3.05) is 0 Å². The molecule has 0 aliphatic carbocycles. The van der Waals surface area contributed by atoms with E-state index in [1.165, 1.54) is 5.39 Å². The molecule has 0 saturated heterocycles. The van der Waals surface area contributed by atoms with Gasteiger partial charge in [-0.05, 0) is 64.0 Å². The van der Waals surface area contributed by atoms with Crippen LogP contribution in [-0.2, 0) is 0 Å². The van der Waals surface area contributed by atoms with Crippen LogP contribution in [0.25, 0.3) is 132 Å². The lowest BCUT2D eigenvalue weighted by atomic mass is 9.98. The van der Waals surface area contributed by atoms with Crippen LogP contribution in [0.3, 0.4) is 0 Å². The first-order valence-electron chi connectivity index (χ1n) is 19.0. The van der Waals surface area contributed by atoms with Gasteiger partial charge >= 0.3 is 0 Å². The number of aromatic nitrogens is 3. The Balaban J connectivity index is 1.14. The summed E-state index contributed by atoms with van der Waals surface area (Å²) in [4.78, 5) is 16.0. The van der Waals surface area contributed by atoms with Gasteiger partial charge in [0.2, 0.25) is 0 Å². The van der Waals surface area contributed by atoms with Crippen molar-refractivity contribution in [3.8, 4) is 34.2 Å². The smallest absolute Gasteiger partial charge is 0.164 e. The van der Waals surface area contributed by atoms with E-state index in [9.17, 15) is 0 Å². The van der Waals surface area contributed by atoms with Gasteiger partial charge in [-0.25, -0.2) is 15.0 Å². The van der Waals surface area contributed by atoms with Crippen molar-refractivity contribution in [3.63, 3.8) is 0 Å². The Hall–Kier alpha value is -7.83. The van der Waals surface area contributed by atoms with E-state index >= 15 is 0 Å². The van der Waals surface area contributed by atoms with Crippen molar-refractivity contribution in [1.82, 2.24) is 15.0 Å². The molecule has 57 heavy (non-hydrogen) atoms. The lowest BCUT2D eigenvalue weighted by Crippen LogP contribution is -2.01. The molecule has 0 amide bonds. The Bertz CT molecular complexity index is 3660. The Kier molecular flexibility index (Phi) is 6.07. The maximum atomic E-state index is 6.61. The predicted molar refractivity (Wildman–Crippen MR) is 230 cm³/mol. The summed E-state index contributed by atoms with van der Waals surface area (Å²) in [6, 6.07) is 56.2. The van der Waals surface area contributed by atoms with E-state index < -0.39 is 0 Å². The zero-order chi connectivity index (χ0) is 37.2. The fourth-order valence-electron chi connectivity index (χ4n) is 8.90. The third-order valence-electron chi connectivity index (χ3n) is 11.5. The second kappa shape index (κ2) is 11.4. The van der Waals surface area contributed by atoms with Crippen LogP contribution in [-0.4, -0.2) is 15.0 Å². The lowest BCUT2D eigenvalue weighted by molar-refractivity contribution is 0.669. The molecule has 0 aliphatic rings. The highest BCUT2D eigenvalue weighted by molar-refractivity contribution is 6.23. The van der Waals surface area contributed by atoms with E-state index in [2.05, 4.69) is 103 Å². The monoisotopic (exact) mass is 729 g/mol. The number of fused-ring (bicyclic) bond motifs is 15. The second-order valence-corrected chi connectivity index (χ2v) is 14.7. The summed E-state index contributed by atoms with van der Waals surface area (Å²) in [5.74, 6) is 1.62. The molecule has 13 rings (SSSR count). The van der Waals surface area contributed by atoms with E-state index in [1.54, 1.807) is 0 Å². The van der Waals surface area contributed by atoms with Gasteiger partial charge in [-0.1, -0.05) is 121 Å². The predicted octanol–water partition coefficient (Wildman–Crippen LogP) is 14.0. The molecular weight excluding hydrogens is 703 g/mol. The number of furan rings is 3. The molecule has 4 heterocycles. The van der Waals surface area contributed by atoms with Crippen LogP contribution in [0.5, 0.6) is 0 Å². The van der Waals surface area contributed by atoms with Gasteiger partial charge < -0.3 is 13.3 Å². The molecule has 264 valence electrons. The third-order valence-corrected chi connectivity index (χ3v) is 11.5. The highest BCUT2D eigenvalue weighted by Gasteiger charge is 2.23. The molecule has 0 radical (unpaired) electrons. The fourth-order valence-corrected chi connectivity index (χ4v) is 8.90. The minimum absolute atomic E-state index is 0.533. The minimum atomic E-state index is 0.533. The first kappa shape index (κ1) is 30.5. The molecule has 0 saturated carbocycles. The molecule has 13 aromatic rings. The van der Waals surface area contributed by atoms with E-state index in [0.29, 0.717) is 17.5 Å². The van der Waals surface area contributed by atoms with Crippen LogP contribution >= 0.6 is 0 Å². The number of benzene rings is 9. The molecule has 0 unspecified atom stereocenters. The zero-order valence-electron chi connectivity index (χ0n) is 30.2. The van der Waals surface area contributed by atoms with E-state index in [1.807, 2.05) is 60.7 Å². The summed E-state index contributed by atoms with van der Waals surface area (Å²) in [7, 11) is 0. The lowest BCUT2D eigenvalue weighted by Gasteiger charge is -2.12. The molecule has 0 atom stereocenters. The Morgan fingerprint density at radius 2 is 0.789 bits per heavy atom. The quantitative estimate of drug-likeness (QED) is 0.180. The molecule has 0 bridgehead atoms. The average Bonchev–Trinajstić information content (AvgIpc) is 3.98. The van der Waals surface area contributed by atoms with Gasteiger partial charge in [0.15, 0.2) is 17.5 Å². The van der Waals surface area contributed by atoms with Crippen molar-refractivity contribution in [1.29, 1.82) is 0 Å². The molecule has 4 aromatic heterocycles. The summed E-state index contributed by atoms with van der Waals surface area (Å²) < 4.78 is 19.8. The van der Waals surface area contributed by atoms with Crippen molar-refractivity contribution in [2.45, 2.75) is 0 Å². The number of hydrogen-bond acceptors (Lipinski definition) is 6. The first-order valence-corrected chi connectivity index (χ1v) is 19.0. The second-order valence-electron chi connectivity index (χ2n) is 14.7. The van der Waals surface area contributed by atoms with E-state index in [4.69, 9.17) is 28.2 Å². The number of para-hydroxylation sites is 2. The molecule has 9 aromatic carbocycles. The Labute approximate surface area is 323 Å². The molecule has 0 fully saturated rings. The normalized spacial score (nSPS) is 12.2. The fraction of sp³-hybridized carbons (Fsp3) is 0. The van der Waals surface area contributed by atoms with Gasteiger partial charge in [0, 0.05) is 59.8 Å². The van der Waals surface area contributed by atoms with E-state index in [0.717, 1.165) is 109 Å². The summed E-state index contributed by atoms with van der Waals surface area (Å²) in [6.07, 6.45) is 0. The first-order chi connectivity index (χ1) is 28.2. The molecule has 6 nitrogen and oxygen atoms in total. The van der Waals surface area contributed by atoms with Gasteiger partial charge in [-0.2, -0.15) is 0 Å². The van der Waals surface area contributed by atoms with Crippen LogP contribution < -0.4 is 0 Å². The van der Waals surface area contributed by atoms with Gasteiger partial charge in [0.05, 0.1) is 0 Å². The summed E-state index contributed by atoms with van der Waals surface area (Å²) >= 11 is 0. The summed E-state index contributed by atoms with van der Waals surface area (Å²) in [6.45, 7) is 0. The number of rotatable bonds is 3. The van der Waals surface area contributed by atoms with Crippen molar-refractivity contribution < 1.29 is 13.3 Å². The number of hydrogen-bond donors (Lipinski definition) is 0. The van der Waals surface area contributed by atoms with E-state index in [-0.39, 0.29) is 0 Å². The molecule has 0 spiro atoms. The van der Waals surface area contributed by atoms with Crippen molar-refractivity contribution in [3.05, 3.63) is 164 Å². The van der Waals surface area contributed by atoms with Crippen LogP contribution in [0.15, 0.2) is 177 Å². The van der Waals surface area contributed by atoms with Gasteiger partial charge in [0.25, 0.3) is 0 Å². The highest BCUT2D eigenvalue weighted by atomic mass is 16.3. The Morgan fingerprint density at radius 3 is 1.40 bits per heavy atom. The molecular formula is C51H27N3O3. The topological polar surface area (TPSA) is 78.1 Å². The van der Waals surface area contributed by atoms with Crippen LogP contribution in [0.2, 0.25) is 0 Å². The Morgan fingerprint density at radius 1 is 0.298 bits per heavy atom. The maximum Gasteiger partial charge on any atom is 0.164 e. The van der Waals surface area contributed by atoms with Crippen LogP contribution in [0.4, 0.5) is 0 Å². The van der Waals surface area contributed by atoms with Crippen molar-refractivity contribution in [2.24, 2.45) is 0 Å². The largest absolute Gasteiger partial charge is 0.456 e. The maximum absolute atomic E-state index is 6.61. The van der Waals surface area contributed by atoms with Crippen LogP contribution in [0, 0.1) is 0 Å². The summed E-state index contributed by atoms with van der Waals surface area (Å²) in [5, 5.41) is 12.5. The van der Waals surface area contributed by atoms with Gasteiger partial charge in [0.1, 0.15) is 33.5 Å². The molecule has 0 N–H and O–H groups in total. The zero-order valence-corrected chi connectivity index (χ0v) is 30.2. The van der Waals surface area contributed by atoms with Gasteiger partial charge in [-0.3, -0.25) is 0 Å². The molecule has 6 heteroatoms. The average molecular weight is 730 g/mol. The SMILES string of the molecule is c1ccc2c(c1)cc(-c1nc(-c3ccc4c(c3)oc3ccc5ccccc5c34)nc(-c3cc4ccccc4c4oc5ccccc5c34)n1)c1c3ccccc3oc21.